The number of rotatable bonds is 5. The van der Waals surface area contributed by atoms with E-state index in [9.17, 15) is 9.90 Å². The number of amides is 1. The number of hydrogen-bond acceptors (Lipinski definition) is 3. The van der Waals surface area contributed by atoms with Crippen LogP contribution in [0.25, 0.3) is 0 Å². The van der Waals surface area contributed by atoms with Crippen LogP contribution in [-0.4, -0.2) is 18.1 Å². The van der Waals surface area contributed by atoms with Gasteiger partial charge in [-0.25, -0.2) is 0 Å². The zero-order chi connectivity index (χ0) is 18.5. The van der Waals surface area contributed by atoms with Gasteiger partial charge in [-0.3, -0.25) is 4.79 Å². The summed E-state index contributed by atoms with van der Waals surface area (Å²) in [4.78, 5) is 12.7. The molecule has 0 saturated carbocycles. The summed E-state index contributed by atoms with van der Waals surface area (Å²) >= 11 is 6.11. The van der Waals surface area contributed by atoms with E-state index in [0.717, 1.165) is 0 Å². The Morgan fingerprint density at radius 3 is 2.46 bits per heavy atom. The Morgan fingerprint density at radius 1 is 1.04 bits per heavy atom. The highest BCUT2D eigenvalue weighted by Crippen LogP contribution is 2.31. The van der Waals surface area contributed by atoms with E-state index in [1.165, 1.54) is 7.11 Å². The summed E-state index contributed by atoms with van der Waals surface area (Å²) in [6, 6.07) is 21.1. The number of aliphatic hydroxyl groups is 1. The predicted octanol–water partition coefficient (Wildman–Crippen LogP) is 4.68. The fraction of sp³-hybridized carbons (Fsp3) is 0.0952. The average molecular weight is 368 g/mol. The number of nitrogens with one attached hydrogen (secondary N) is 1. The number of carbonyl (C=O) groups is 1. The van der Waals surface area contributed by atoms with Crippen LogP contribution in [0, 0.1) is 0 Å². The molecule has 5 heteroatoms. The van der Waals surface area contributed by atoms with Gasteiger partial charge in [-0.1, -0.05) is 54.1 Å². The fourth-order valence-electron chi connectivity index (χ4n) is 2.71. The van der Waals surface area contributed by atoms with Crippen molar-refractivity contribution in [2.24, 2.45) is 0 Å². The molecule has 0 aromatic heterocycles. The molecule has 0 radical (unpaired) electrons. The van der Waals surface area contributed by atoms with E-state index in [0.29, 0.717) is 33.1 Å². The van der Waals surface area contributed by atoms with Crippen molar-refractivity contribution in [1.29, 1.82) is 0 Å². The Labute approximate surface area is 157 Å². The maximum Gasteiger partial charge on any atom is 0.259 e. The zero-order valence-electron chi connectivity index (χ0n) is 14.1. The molecule has 1 atom stereocenters. The number of methoxy groups -OCH3 is 1. The van der Waals surface area contributed by atoms with Gasteiger partial charge in [0.05, 0.1) is 12.7 Å². The summed E-state index contributed by atoms with van der Waals surface area (Å²) in [5.41, 5.74) is 2.13. The van der Waals surface area contributed by atoms with Crippen molar-refractivity contribution in [2.45, 2.75) is 6.10 Å². The van der Waals surface area contributed by atoms with Gasteiger partial charge in [0, 0.05) is 16.3 Å². The predicted molar refractivity (Wildman–Crippen MR) is 103 cm³/mol. The lowest BCUT2D eigenvalue weighted by Gasteiger charge is -2.17. The molecule has 3 aromatic rings. The van der Waals surface area contributed by atoms with Crippen molar-refractivity contribution >= 4 is 23.2 Å². The molecule has 1 unspecified atom stereocenters. The van der Waals surface area contributed by atoms with Crippen LogP contribution in [0.3, 0.4) is 0 Å². The Balaban J connectivity index is 1.94. The number of aliphatic hydroxyl groups excluding tert-OH is 1. The fourth-order valence-corrected chi connectivity index (χ4v) is 2.89. The molecule has 0 fully saturated rings. The van der Waals surface area contributed by atoms with Gasteiger partial charge in [0.15, 0.2) is 0 Å². The van der Waals surface area contributed by atoms with Gasteiger partial charge < -0.3 is 15.2 Å². The van der Waals surface area contributed by atoms with Gasteiger partial charge in [0.1, 0.15) is 11.9 Å². The van der Waals surface area contributed by atoms with Crippen molar-refractivity contribution in [3.8, 4) is 5.75 Å². The summed E-state index contributed by atoms with van der Waals surface area (Å²) in [5, 5.41) is 14.1. The van der Waals surface area contributed by atoms with E-state index in [-0.39, 0.29) is 5.91 Å². The monoisotopic (exact) mass is 367 g/mol. The van der Waals surface area contributed by atoms with E-state index >= 15 is 0 Å². The second-order valence-corrected chi connectivity index (χ2v) is 6.14. The molecule has 0 bridgehead atoms. The maximum atomic E-state index is 12.7. The summed E-state index contributed by atoms with van der Waals surface area (Å²) in [6.07, 6.45) is -0.914. The standard InChI is InChI=1S/C21H18ClNO3/c1-26-19-10-6-5-9-16(19)21(25)23-18-12-11-15(22)13-17(18)20(24)14-7-3-2-4-8-14/h2-13,20,24H,1H3,(H,23,25). The number of halogens is 1. The molecule has 132 valence electrons. The summed E-state index contributed by atoms with van der Waals surface area (Å²) in [7, 11) is 1.51. The Kier molecular flexibility index (Phi) is 5.56. The van der Waals surface area contributed by atoms with Crippen LogP contribution < -0.4 is 10.1 Å². The van der Waals surface area contributed by atoms with Crippen molar-refractivity contribution in [2.75, 3.05) is 12.4 Å². The summed E-state index contributed by atoms with van der Waals surface area (Å²) in [5.74, 6) is 0.149. The minimum absolute atomic E-state index is 0.328. The molecule has 3 rings (SSSR count). The van der Waals surface area contributed by atoms with E-state index in [1.54, 1.807) is 42.5 Å². The second kappa shape index (κ2) is 8.04. The Bertz CT molecular complexity index is 912. The Hall–Kier alpha value is -2.82. The van der Waals surface area contributed by atoms with Crippen molar-refractivity contribution < 1.29 is 14.6 Å². The van der Waals surface area contributed by atoms with E-state index in [1.807, 2.05) is 30.3 Å². The van der Waals surface area contributed by atoms with Crippen LogP contribution in [-0.2, 0) is 0 Å². The molecule has 0 aliphatic rings. The number of carbonyl (C=O) groups excluding carboxylic acids is 1. The van der Waals surface area contributed by atoms with Crippen LogP contribution in [0.4, 0.5) is 5.69 Å². The van der Waals surface area contributed by atoms with Crippen LogP contribution >= 0.6 is 11.6 Å². The van der Waals surface area contributed by atoms with Gasteiger partial charge in [-0.2, -0.15) is 0 Å². The van der Waals surface area contributed by atoms with Gasteiger partial charge in [0.2, 0.25) is 0 Å². The first-order valence-corrected chi connectivity index (χ1v) is 8.45. The normalized spacial score (nSPS) is 11.7. The highest BCUT2D eigenvalue weighted by molar-refractivity contribution is 6.30. The molecule has 0 aliphatic carbocycles. The molecular weight excluding hydrogens is 350 g/mol. The number of para-hydroxylation sites is 1. The summed E-state index contributed by atoms with van der Waals surface area (Å²) < 4.78 is 5.24. The molecule has 0 spiro atoms. The van der Waals surface area contributed by atoms with Gasteiger partial charge in [-0.05, 0) is 35.9 Å². The minimum Gasteiger partial charge on any atom is -0.496 e. The first-order valence-electron chi connectivity index (χ1n) is 8.07. The number of hydrogen-bond donors (Lipinski definition) is 2. The van der Waals surface area contributed by atoms with E-state index in [2.05, 4.69) is 5.32 Å². The van der Waals surface area contributed by atoms with Crippen LogP contribution in [0.5, 0.6) is 5.75 Å². The molecule has 3 aromatic carbocycles. The van der Waals surface area contributed by atoms with Gasteiger partial charge in [-0.15, -0.1) is 0 Å². The average Bonchev–Trinajstić information content (AvgIpc) is 2.69. The third kappa shape index (κ3) is 3.87. The lowest BCUT2D eigenvalue weighted by molar-refractivity contribution is 0.102. The number of anilines is 1. The quantitative estimate of drug-likeness (QED) is 0.688. The van der Waals surface area contributed by atoms with E-state index in [4.69, 9.17) is 16.3 Å². The van der Waals surface area contributed by atoms with Gasteiger partial charge >= 0.3 is 0 Å². The molecular formula is C21H18ClNO3. The van der Waals surface area contributed by atoms with Crippen LogP contribution in [0.2, 0.25) is 5.02 Å². The molecule has 0 saturated heterocycles. The van der Waals surface area contributed by atoms with Crippen molar-refractivity contribution in [3.05, 3.63) is 94.5 Å². The SMILES string of the molecule is COc1ccccc1C(=O)Nc1ccc(Cl)cc1C(O)c1ccccc1. The van der Waals surface area contributed by atoms with Crippen molar-refractivity contribution in [1.82, 2.24) is 0 Å². The molecule has 0 heterocycles. The molecule has 4 nitrogen and oxygen atoms in total. The van der Waals surface area contributed by atoms with E-state index < -0.39 is 6.10 Å². The third-order valence-corrected chi connectivity index (χ3v) is 4.26. The zero-order valence-corrected chi connectivity index (χ0v) is 14.9. The molecule has 0 aliphatic heterocycles. The summed E-state index contributed by atoms with van der Waals surface area (Å²) in [6.45, 7) is 0. The topological polar surface area (TPSA) is 58.6 Å². The number of benzene rings is 3. The highest BCUT2D eigenvalue weighted by atomic mass is 35.5. The smallest absolute Gasteiger partial charge is 0.259 e. The lowest BCUT2D eigenvalue weighted by Crippen LogP contribution is -2.15. The Morgan fingerprint density at radius 2 is 1.73 bits per heavy atom. The number of ether oxygens (including phenoxy) is 1. The third-order valence-electron chi connectivity index (χ3n) is 4.02. The minimum atomic E-state index is -0.914. The highest BCUT2D eigenvalue weighted by Gasteiger charge is 2.18. The maximum absolute atomic E-state index is 12.7. The van der Waals surface area contributed by atoms with Crippen LogP contribution in [0.15, 0.2) is 72.8 Å². The lowest BCUT2D eigenvalue weighted by atomic mass is 9.99. The molecule has 1 amide bonds. The van der Waals surface area contributed by atoms with Crippen LogP contribution in [0.1, 0.15) is 27.6 Å². The molecule has 2 N–H and O–H groups in total. The first-order chi connectivity index (χ1) is 12.6. The first kappa shape index (κ1) is 18.0. The van der Waals surface area contributed by atoms with Crippen molar-refractivity contribution in [3.63, 3.8) is 0 Å². The second-order valence-electron chi connectivity index (χ2n) is 5.70. The van der Waals surface area contributed by atoms with Gasteiger partial charge in [0.25, 0.3) is 5.91 Å². The largest absolute Gasteiger partial charge is 0.496 e. The molecule has 26 heavy (non-hydrogen) atoms.